The van der Waals surface area contributed by atoms with Gasteiger partial charge in [-0.2, -0.15) is 17.0 Å². The Kier molecular flexibility index (Phi) is 6.05. The highest BCUT2D eigenvalue weighted by atomic mass is 35.5. The summed E-state index contributed by atoms with van der Waals surface area (Å²) in [6.07, 6.45) is 4.40. The van der Waals surface area contributed by atoms with Crippen molar-refractivity contribution >= 4 is 29.2 Å². The van der Waals surface area contributed by atoms with E-state index in [1.54, 1.807) is 12.1 Å². The minimum absolute atomic E-state index is 0.274. The molecular weight excluding hydrogens is 242 g/mol. The molecule has 1 N–H and O–H groups in total. The Morgan fingerprint density at radius 2 is 2.31 bits per heavy atom. The molecule has 5 heteroatoms. The van der Waals surface area contributed by atoms with E-state index in [1.165, 1.54) is 12.2 Å². The van der Waals surface area contributed by atoms with Crippen LogP contribution >= 0.6 is 23.4 Å². The Hall–Kier alpha value is -0.920. The van der Waals surface area contributed by atoms with Crippen molar-refractivity contribution in [2.45, 2.75) is 12.8 Å². The lowest BCUT2D eigenvalue weighted by molar-refractivity contribution is 0.839. The monoisotopic (exact) mass is 255 g/mol. The molecule has 0 aromatic carbocycles. The van der Waals surface area contributed by atoms with Crippen molar-refractivity contribution in [3.63, 3.8) is 0 Å². The van der Waals surface area contributed by atoms with Crippen LogP contribution in [0.2, 0.25) is 5.02 Å². The van der Waals surface area contributed by atoms with Crippen LogP contribution in [-0.4, -0.2) is 23.5 Å². The molecule has 0 bridgehead atoms. The van der Waals surface area contributed by atoms with Gasteiger partial charge in [-0.15, -0.1) is 0 Å². The molecule has 0 aliphatic rings. The van der Waals surface area contributed by atoms with Crippen LogP contribution in [-0.2, 0) is 0 Å². The lowest BCUT2D eigenvalue weighted by Crippen LogP contribution is -2.04. The molecule has 1 aromatic heterocycles. The van der Waals surface area contributed by atoms with E-state index in [1.807, 2.05) is 17.8 Å². The van der Waals surface area contributed by atoms with Crippen LogP contribution in [0.1, 0.15) is 18.5 Å². The largest absolute Gasteiger partial charge is 0.370 e. The predicted molar refractivity (Wildman–Crippen MR) is 70.1 cm³/mol. The van der Waals surface area contributed by atoms with Gasteiger partial charge in [-0.1, -0.05) is 11.6 Å². The third-order valence-electron chi connectivity index (χ3n) is 2.03. The highest BCUT2D eigenvalue weighted by Gasteiger charge is 2.01. The number of nitrogens with zero attached hydrogens (tertiary/aromatic N) is 2. The van der Waals surface area contributed by atoms with Crippen molar-refractivity contribution < 1.29 is 0 Å². The van der Waals surface area contributed by atoms with Gasteiger partial charge in [0.05, 0.1) is 5.02 Å². The fraction of sp³-hybridized carbons (Fsp3) is 0.455. The highest BCUT2D eigenvalue weighted by molar-refractivity contribution is 7.98. The third-order valence-corrected chi connectivity index (χ3v) is 3.04. The summed E-state index contributed by atoms with van der Waals surface area (Å²) < 4.78 is 0. The maximum Gasteiger partial charge on any atom is 0.161 e. The van der Waals surface area contributed by atoms with Gasteiger partial charge in [-0.05, 0) is 37.0 Å². The molecule has 1 heterocycles. The first-order valence-corrected chi connectivity index (χ1v) is 6.84. The highest BCUT2D eigenvalue weighted by Crippen LogP contribution is 2.15. The standard InChI is InChI=1S/C11H14ClN3S/c1-16-7-3-2-6-14-11-5-4-9(12)10(8-13)15-11/h4-5H,2-3,6-7H2,1H3,(H,14,15). The van der Waals surface area contributed by atoms with Crippen molar-refractivity contribution in [1.29, 1.82) is 5.26 Å². The zero-order valence-corrected chi connectivity index (χ0v) is 10.7. The van der Waals surface area contributed by atoms with Gasteiger partial charge in [0, 0.05) is 6.54 Å². The molecule has 0 aliphatic heterocycles. The molecule has 0 aliphatic carbocycles. The van der Waals surface area contributed by atoms with Crippen LogP contribution in [0, 0.1) is 11.3 Å². The summed E-state index contributed by atoms with van der Waals surface area (Å²) in [5, 5.41) is 12.3. The summed E-state index contributed by atoms with van der Waals surface area (Å²) in [6, 6.07) is 5.44. The van der Waals surface area contributed by atoms with Crippen molar-refractivity contribution in [2.24, 2.45) is 0 Å². The molecular formula is C11H14ClN3S. The summed E-state index contributed by atoms with van der Waals surface area (Å²) >= 11 is 7.64. The minimum Gasteiger partial charge on any atom is -0.370 e. The quantitative estimate of drug-likeness (QED) is 0.794. The average molecular weight is 256 g/mol. The Morgan fingerprint density at radius 3 is 3.00 bits per heavy atom. The maximum absolute atomic E-state index is 8.76. The number of aromatic nitrogens is 1. The van der Waals surface area contributed by atoms with Gasteiger partial charge in [0.15, 0.2) is 5.69 Å². The van der Waals surface area contributed by atoms with Crippen LogP contribution < -0.4 is 5.32 Å². The molecule has 16 heavy (non-hydrogen) atoms. The molecule has 0 atom stereocenters. The van der Waals surface area contributed by atoms with Crippen molar-refractivity contribution in [3.8, 4) is 6.07 Å². The summed E-state index contributed by atoms with van der Waals surface area (Å²) in [4.78, 5) is 4.10. The van der Waals surface area contributed by atoms with Crippen molar-refractivity contribution in [3.05, 3.63) is 22.8 Å². The van der Waals surface area contributed by atoms with Gasteiger partial charge in [0.25, 0.3) is 0 Å². The van der Waals surface area contributed by atoms with E-state index in [-0.39, 0.29) is 5.69 Å². The number of pyridine rings is 1. The third kappa shape index (κ3) is 4.30. The maximum atomic E-state index is 8.76. The van der Waals surface area contributed by atoms with E-state index in [0.29, 0.717) is 10.8 Å². The molecule has 0 saturated heterocycles. The van der Waals surface area contributed by atoms with Crippen LogP contribution in [0.4, 0.5) is 5.82 Å². The molecule has 0 saturated carbocycles. The second kappa shape index (κ2) is 7.37. The molecule has 1 aromatic rings. The van der Waals surface area contributed by atoms with E-state index in [9.17, 15) is 0 Å². The number of nitriles is 1. The topological polar surface area (TPSA) is 48.7 Å². The number of unbranched alkanes of at least 4 members (excludes halogenated alkanes) is 1. The number of thioether (sulfide) groups is 1. The zero-order valence-electron chi connectivity index (χ0n) is 9.16. The Morgan fingerprint density at radius 1 is 1.50 bits per heavy atom. The van der Waals surface area contributed by atoms with Gasteiger partial charge in [0.2, 0.25) is 0 Å². The normalized spacial score (nSPS) is 9.81. The van der Waals surface area contributed by atoms with Gasteiger partial charge in [-0.25, -0.2) is 4.98 Å². The summed E-state index contributed by atoms with van der Waals surface area (Å²) in [5.41, 5.74) is 0.274. The first-order valence-electron chi connectivity index (χ1n) is 5.07. The van der Waals surface area contributed by atoms with Crippen LogP contribution in [0.5, 0.6) is 0 Å². The minimum atomic E-state index is 0.274. The lowest BCUT2D eigenvalue weighted by Gasteiger charge is -2.05. The molecule has 86 valence electrons. The molecule has 0 unspecified atom stereocenters. The number of nitrogens with one attached hydrogen (secondary N) is 1. The first-order chi connectivity index (χ1) is 7.77. The summed E-state index contributed by atoms with van der Waals surface area (Å²) in [7, 11) is 0. The molecule has 0 spiro atoms. The van der Waals surface area contributed by atoms with Crippen LogP contribution in [0.15, 0.2) is 12.1 Å². The Bertz CT molecular complexity index is 376. The van der Waals surface area contributed by atoms with E-state index in [4.69, 9.17) is 16.9 Å². The van der Waals surface area contributed by atoms with Gasteiger partial charge < -0.3 is 5.32 Å². The fourth-order valence-electron chi connectivity index (χ4n) is 1.21. The second-order valence-corrected chi connectivity index (χ2v) is 4.66. The van der Waals surface area contributed by atoms with E-state index >= 15 is 0 Å². The van der Waals surface area contributed by atoms with Gasteiger partial charge in [-0.3, -0.25) is 0 Å². The number of hydrogen-bond acceptors (Lipinski definition) is 4. The van der Waals surface area contributed by atoms with Crippen molar-refractivity contribution in [2.75, 3.05) is 23.9 Å². The number of rotatable bonds is 6. The fourth-order valence-corrected chi connectivity index (χ4v) is 1.85. The summed E-state index contributed by atoms with van der Waals surface area (Å²) in [5.74, 6) is 1.89. The smallest absolute Gasteiger partial charge is 0.161 e. The van der Waals surface area contributed by atoms with Crippen molar-refractivity contribution in [1.82, 2.24) is 4.98 Å². The second-order valence-electron chi connectivity index (χ2n) is 3.27. The number of anilines is 1. The van der Waals surface area contributed by atoms with Gasteiger partial charge >= 0.3 is 0 Å². The van der Waals surface area contributed by atoms with Crippen LogP contribution in [0.3, 0.4) is 0 Å². The Balaban J connectivity index is 2.40. The first kappa shape index (κ1) is 13.1. The predicted octanol–water partition coefficient (Wildman–Crippen LogP) is 3.16. The molecule has 3 nitrogen and oxygen atoms in total. The number of hydrogen-bond donors (Lipinski definition) is 1. The zero-order chi connectivity index (χ0) is 11.8. The molecule has 0 fully saturated rings. The summed E-state index contributed by atoms with van der Waals surface area (Å²) in [6.45, 7) is 0.875. The number of halogens is 1. The molecule has 1 rings (SSSR count). The van der Waals surface area contributed by atoms with E-state index in [0.717, 1.165) is 13.0 Å². The Labute approximate surface area is 105 Å². The average Bonchev–Trinajstić information content (AvgIpc) is 2.31. The van der Waals surface area contributed by atoms with Crippen LogP contribution in [0.25, 0.3) is 0 Å². The van der Waals surface area contributed by atoms with E-state index < -0.39 is 0 Å². The SMILES string of the molecule is CSCCCCNc1ccc(Cl)c(C#N)n1. The van der Waals surface area contributed by atoms with E-state index in [2.05, 4.69) is 16.6 Å². The lowest BCUT2D eigenvalue weighted by atomic mass is 10.3. The van der Waals surface area contributed by atoms with Gasteiger partial charge in [0.1, 0.15) is 11.9 Å². The molecule has 0 amide bonds. The molecule has 0 radical (unpaired) electrons.